The minimum absolute atomic E-state index is 0.332. The minimum Gasteiger partial charge on any atom is -0.371 e. The molecule has 4 nitrogen and oxygen atoms in total. The zero-order valence-electron chi connectivity index (χ0n) is 13.3. The number of hydrogen-bond acceptors (Lipinski definition) is 3. The molecule has 3 heterocycles. The van der Waals surface area contributed by atoms with Crippen LogP contribution in [-0.2, 0) is 4.79 Å². The molecule has 6 heteroatoms. The highest BCUT2D eigenvalue weighted by molar-refractivity contribution is 9.10. The van der Waals surface area contributed by atoms with Gasteiger partial charge in [0.1, 0.15) is 0 Å². The van der Waals surface area contributed by atoms with Gasteiger partial charge in [-0.15, -0.1) is 0 Å². The number of fused-ring (bicyclic) bond motifs is 1. The molecule has 0 unspecified atom stereocenters. The van der Waals surface area contributed by atoms with Crippen LogP contribution in [0.15, 0.2) is 28.9 Å². The third kappa shape index (κ3) is 2.88. The second-order valence-electron chi connectivity index (χ2n) is 6.52. The fourth-order valence-electron chi connectivity index (χ4n) is 3.91. The van der Waals surface area contributed by atoms with Crippen molar-refractivity contribution in [3.05, 3.63) is 33.9 Å². The van der Waals surface area contributed by atoms with Gasteiger partial charge in [-0.25, -0.2) is 0 Å². The molecule has 2 aromatic rings. The normalized spacial score (nSPS) is 19.5. The number of hydrogen-bond donors (Lipinski definition) is 0. The number of likely N-dealkylation sites (tertiary alicyclic amines) is 1. The Morgan fingerprint density at radius 1 is 1.21 bits per heavy atom. The van der Waals surface area contributed by atoms with Crippen molar-refractivity contribution in [2.24, 2.45) is 0 Å². The molecule has 0 N–H and O–H groups in total. The van der Waals surface area contributed by atoms with Gasteiger partial charge in [0.25, 0.3) is 0 Å². The number of pyridine rings is 1. The summed E-state index contributed by atoms with van der Waals surface area (Å²) in [5.74, 6) is 0.332. The Kier molecular flexibility index (Phi) is 4.39. The molecule has 0 spiro atoms. The molecular weight excluding hydrogens is 390 g/mol. The summed E-state index contributed by atoms with van der Waals surface area (Å²) in [6.45, 7) is 2.85. The van der Waals surface area contributed by atoms with Crippen molar-refractivity contribution in [3.63, 3.8) is 0 Å². The molecule has 0 radical (unpaired) electrons. The first kappa shape index (κ1) is 16.2. The Balaban J connectivity index is 1.58. The van der Waals surface area contributed by atoms with Crippen LogP contribution in [0.5, 0.6) is 0 Å². The maximum absolute atomic E-state index is 12.0. The Morgan fingerprint density at radius 2 is 2.00 bits per heavy atom. The Morgan fingerprint density at radius 3 is 2.71 bits per heavy atom. The van der Waals surface area contributed by atoms with Crippen LogP contribution in [0, 0.1) is 0 Å². The van der Waals surface area contributed by atoms with Gasteiger partial charge in [0.2, 0.25) is 5.91 Å². The number of nitrogens with zero attached hydrogens (tertiary/aromatic N) is 3. The Labute approximate surface area is 154 Å². The van der Waals surface area contributed by atoms with E-state index in [2.05, 4.69) is 42.8 Å². The number of carbonyl (C=O) groups excluding carboxylic acids is 1. The fraction of sp³-hybridized carbons (Fsp3) is 0.444. The second-order valence-corrected chi connectivity index (χ2v) is 7.85. The summed E-state index contributed by atoms with van der Waals surface area (Å²) in [4.78, 5) is 20.9. The summed E-state index contributed by atoms with van der Waals surface area (Å²) >= 11 is 9.87. The molecule has 126 valence electrons. The van der Waals surface area contributed by atoms with Gasteiger partial charge >= 0.3 is 0 Å². The number of amides is 1. The number of rotatable bonds is 2. The summed E-state index contributed by atoms with van der Waals surface area (Å²) in [5.41, 5.74) is 2.02. The number of halogens is 2. The molecule has 0 bridgehead atoms. The molecule has 0 aliphatic carbocycles. The highest BCUT2D eigenvalue weighted by atomic mass is 79.9. The van der Waals surface area contributed by atoms with Crippen LogP contribution in [0.25, 0.3) is 10.9 Å². The predicted octanol–water partition coefficient (Wildman–Crippen LogP) is 4.24. The van der Waals surface area contributed by atoms with Gasteiger partial charge in [0.15, 0.2) is 0 Å². The lowest BCUT2D eigenvalue weighted by Gasteiger charge is -2.38. The van der Waals surface area contributed by atoms with Crippen molar-refractivity contribution < 1.29 is 4.79 Å². The van der Waals surface area contributed by atoms with E-state index in [-0.39, 0.29) is 0 Å². The molecule has 4 rings (SSSR count). The third-order valence-electron chi connectivity index (χ3n) is 5.10. The molecule has 2 fully saturated rings. The van der Waals surface area contributed by atoms with Gasteiger partial charge in [-0.1, -0.05) is 27.5 Å². The van der Waals surface area contributed by atoms with Crippen molar-refractivity contribution in [1.29, 1.82) is 0 Å². The van der Waals surface area contributed by atoms with E-state index in [0.717, 1.165) is 60.7 Å². The van der Waals surface area contributed by atoms with E-state index in [9.17, 15) is 4.79 Å². The first-order chi connectivity index (χ1) is 11.6. The van der Waals surface area contributed by atoms with Crippen molar-refractivity contribution >= 4 is 50.0 Å². The maximum Gasteiger partial charge on any atom is 0.222 e. The van der Waals surface area contributed by atoms with Crippen molar-refractivity contribution in [3.8, 4) is 0 Å². The lowest BCUT2D eigenvalue weighted by Crippen LogP contribution is -2.45. The van der Waals surface area contributed by atoms with Crippen LogP contribution >= 0.6 is 27.5 Å². The third-order valence-corrected chi connectivity index (χ3v) is 5.84. The number of carbonyl (C=O) groups is 1. The van der Waals surface area contributed by atoms with E-state index >= 15 is 0 Å². The van der Waals surface area contributed by atoms with Crippen molar-refractivity contribution in [1.82, 2.24) is 9.88 Å². The van der Waals surface area contributed by atoms with Crippen LogP contribution in [-0.4, -0.2) is 41.5 Å². The number of benzene rings is 1. The standard InChI is InChI=1S/C18H19BrClN3O/c19-12-10-14-16(3-6-21-18(14)15(20)11-12)22-8-4-13(5-9-22)23-7-1-2-17(23)24/h3,6,10-11,13H,1-2,4-5,7-9H2. The van der Waals surface area contributed by atoms with Crippen molar-refractivity contribution in [2.45, 2.75) is 31.7 Å². The quantitative estimate of drug-likeness (QED) is 0.745. The summed E-state index contributed by atoms with van der Waals surface area (Å²) in [5, 5.41) is 1.74. The maximum atomic E-state index is 12.0. The first-order valence-electron chi connectivity index (χ1n) is 8.41. The highest BCUT2D eigenvalue weighted by Crippen LogP contribution is 2.34. The number of aromatic nitrogens is 1. The SMILES string of the molecule is O=C1CCCN1C1CCN(c2ccnc3c(Cl)cc(Br)cc23)CC1. The van der Waals surface area contributed by atoms with Gasteiger partial charge in [-0.2, -0.15) is 0 Å². The molecule has 2 saturated heterocycles. The number of anilines is 1. The predicted molar refractivity (Wildman–Crippen MR) is 101 cm³/mol. The number of piperidine rings is 1. The molecule has 2 aliphatic heterocycles. The monoisotopic (exact) mass is 407 g/mol. The topological polar surface area (TPSA) is 36.4 Å². The minimum atomic E-state index is 0.332. The largest absolute Gasteiger partial charge is 0.371 e. The van der Waals surface area contributed by atoms with Gasteiger partial charge in [0.05, 0.1) is 10.5 Å². The van der Waals surface area contributed by atoms with Crippen LogP contribution in [0.3, 0.4) is 0 Å². The zero-order chi connectivity index (χ0) is 16.7. The lowest BCUT2D eigenvalue weighted by molar-refractivity contribution is -0.130. The molecule has 1 aromatic carbocycles. The summed E-state index contributed by atoms with van der Waals surface area (Å²) in [7, 11) is 0. The van der Waals surface area contributed by atoms with E-state index in [1.807, 2.05) is 12.3 Å². The average molecular weight is 409 g/mol. The van der Waals surface area contributed by atoms with E-state index in [1.165, 1.54) is 5.69 Å². The zero-order valence-corrected chi connectivity index (χ0v) is 15.7. The van der Waals surface area contributed by atoms with E-state index in [1.54, 1.807) is 0 Å². The van der Waals surface area contributed by atoms with Gasteiger partial charge in [-0.05, 0) is 37.5 Å². The molecule has 0 saturated carbocycles. The van der Waals surface area contributed by atoms with E-state index in [0.29, 0.717) is 17.0 Å². The van der Waals surface area contributed by atoms with Crippen LogP contribution in [0.1, 0.15) is 25.7 Å². The molecular formula is C18H19BrClN3O. The average Bonchev–Trinajstić information content (AvgIpc) is 3.00. The summed E-state index contributed by atoms with van der Waals surface area (Å²) < 4.78 is 0.965. The summed E-state index contributed by atoms with van der Waals surface area (Å²) in [6, 6.07) is 6.43. The van der Waals surface area contributed by atoms with Gasteiger partial charge in [-0.3, -0.25) is 9.78 Å². The summed E-state index contributed by atoms with van der Waals surface area (Å²) in [6.07, 6.45) is 5.62. The molecule has 1 aromatic heterocycles. The van der Waals surface area contributed by atoms with Crippen LogP contribution < -0.4 is 4.90 Å². The fourth-order valence-corrected chi connectivity index (χ4v) is 4.77. The van der Waals surface area contributed by atoms with Gasteiger partial charge in [0, 0.05) is 53.8 Å². The molecule has 2 aliphatic rings. The molecule has 1 amide bonds. The highest BCUT2D eigenvalue weighted by Gasteiger charge is 2.31. The van der Waals surface area contributed by atoms with Crippen LogP contribution in [0.4, 0.5) is 5.69 Å². The lowest BCUT2D eigenvalue weighted by atomic mass is 10.0. The Hall–Kier alpha value is -1.33. The molecule has 24 heavy (non-hydrogen) atoms. The Bertz CT molecular complexity index is 789. The first-order valence-corrected chi connectivity index (χ1v) is 9.59. The van der Waals surface area contributed by atoms with Crippen LogP contribution in [0.2, 0.25) is 5.02 Å². The van der Waals surface area contributed by atoms with Crippen molar-refractivity contribution in [2.75, 3.05) is 24.5 Å². The van der Waals surface area contributed by atoms with Gasteiger partial charge < -0.3 is 9.80 Å². The van der Waals surface area contributed by atoms with E-state index in [4.69, 9.17) is 11.6 Å². The smallest absolute Gasteiger partial charge is 0.222 e. The molecule has 0 atom stereocenters. The second kappa shape index (κ2) is 6.52. The van der Waals surface area contributed by atoms with E-state index < -0.39 is 0 Å².